The molecule has 2 rings (SSSR count). The number of rotatable bonds is 5. The predicted octanol–water partition coefficient (Wildman–Crippen LogP) is 1.03. The number of nitrogens with two attached hydrogens (primary N) is 1. The van der Waals surface area contributed by atoms with Gasteiger partial charge in [-0.2, -0.15) is 0 Å². The maximum atomic E-state index is 11.9. The Morgan fingerprint density at radius 1 is 1.62 bits per heavy atom. The number of aromatic amines is 1. The third-order valence-corrected chi connectivity index (χ3v) is 4.83. The van der Waals surface area contributed by atoms with Crippen LogP contribution < -0.4 is 16.6 Å². The van der Waals surface area contributed by atoms with Crippen molar-refractivity contribution in [2.75, 3.05) is 0 Å². The molecule has 1 amide bonds. The van der Waals surface area contributed by atoms with E-state index in [1.54, 1.807) is 0 Å². The van der Waals surface area contributed by atoms with Crippen LogP contribution in [0.2, 0.25) is 0 Å². The Kier molecular flexibility index (Phi) is 5.05. The van der Waals surface area contributed by atoms with Crippen LogP contribution in [0.25, 0.3) is 0 Å². The molecule has 0 spiro atoms. The smallest absolute Gasteiger partial charge is 0.251 e. The third-order valence-electron chi connectivity index (χ3n) is 3.67. The number of nitrogens with one attached hydrogen (secondary N) is 2. The number of carbonyl (C=O) groups excluding carboxylic acids is 1. The molecule has 1 heterocycles. The number of H-pyrrole nitrogens is 1. The van der Waals surface area contributed by atoms with Gasteiger partial charge in [-0.05, 0) is 39.5 Å². The van der Waals surface area contributed by atoms with Crippen molar-refractivity contribution in [1.82, 2.24) is 15.3 Å². The lowest BCUT2D eigenvalue weighted by molar-refractivity contribution is -0.126. The fraction of sp³-hybridized carbons (Fsp3) is 0.643. The second-order valence-electron chi connectivity index (χ2n) is 5.82. The minimum absolute atomic E-state index is 0.162. The van der Waals surface area contributed by atoms with Gasteiger partial charge in [0.2, 0.25) is 5.91 Å². The van der Waals surface area contributed by atoms with Gasteiger partial charge < -0.3 is 16.0 Å². The zero-order valence-electron chi connectivity index (χ0n) is 12.4. The lowest BCUT2D eigenvalue weighted by atomic mass is 9.80. The fourth-order valence-corrected chi connectivity index (χ4v) is 4.12. The highest BCUT2D eigenvalue weighted by atomic mass is 32.2. The van der Waals surface area contributed by atoms with Gasteiger partial charge in [-0.3, -0.25) is 9.59 Å². The monoisotopic (exact) mass is 310 g/mol. The van der Waals surface area contributed by atoms with Crippen LogP contribution in [0, 0.1) is 0 Å². The number of aromatic nitrogens is 2. The van der Waals surface area contributed by atoms with E-state index in [0.29, 0.717) is 11.6 Å². The third kappa shape index (κ3) is 4.07. The molecule has 0 aliphatic heterocycles. The first-order chi connectivity index (χ1) is 9.91. The van der Waals surface area contributed by atoms with Crippen molar-refractivity contribution < 1.29 is 4.79 Å². The summed E-state index contributed by atoms with van der Waals surface area (Å²) in [6.45, 7) is 4.02. The van der Waals surface area contributed by atoms with E-state index >= 15 is 0 Å². The Morgan fingerprint density at radius 3 is 3.00 bits per heavy atom. The van der Waals surface area contributed by atoms with Gasteiger partial charge in [0.05, 0.1) is 5.54 Å². The molecule has 1 fully saturated rings. The maximum Gasteiger partial charge on any atom is 0.251 e. The maximum absolute atomic E-state index is 11.9. The van der Waals surface area contributed by atoms with Gasteiger partial charge in [0.15, 0.2) is 5.16 Å². The number of hydrogen-bond donors (Lipinski definition) is 3. The van der Waals surface area contributed by atoms with E-state index in [2.05, 4.69) is 15.3 Å². The molecule has 0 aromatic carbocycles. The van der Waals surface area contributed by atoms with Gasteiger partial charge in [-0.15, -0.1) is 0 Å². The summed E-state index contributed by atoms with van der Waals surface area (Å²) >= 11 is 1.51. The van der Waals surface area contributed by atoms with Crippen LogP contribution in [0.15, 0.2) is 22.2 Å². The summed E-state index contributed by atoms with van der Waals surface area (Å²) in [5, 5.41) is 4.15. The van der Waals surface area contributed by atoms with Crippen molar-refractivity contribution >= 4 is 17.7 Å². The highest BCUT2D eigenvalue weighted by Gasteiger charge is 2.42. The van der Waals surface area contributed by atoms with Gasteiger partial charge in [0.25, 0.3) is 5.56 Å². The topological polar surface area (TPSA) is 101 Å². The molecular formula is C14H22N4O2S. The molecule has 2 atom stereocenters. The Bertz CT molecular complexity index is 560. The molecule has 1 aliphatic carbocycles. The van der Waals surface area contributed by atoms with Gasteiger partial charge in [0, 0.05) is 23.6 Å². The van der Waals surface area contributed by atoms with E-state index in [0.717, 1.165) is 19.3 Å². The molecule has 6 nitrogen and oxygen atoms in total. The molecular weight excluding hydrogens is 288 g/mol. The van der Waals surface area contributed by atoms with Crippen LogP contribution in [0.4, 0.5) is 0 Å². The van der Waals surface area contributed by atoms with Gasteiger partial charge in [0.1, 0.15) is 0 Å². The second-order valence-corrected chi connectivity index (χ2v) is 7.11. The highest BCUT2D eigenvalue weighted by Crippen LogP contribution is 2.37. The second kappa shape index (κ2) is 6.62. The summed E-state index contributed by atoms with van der Waals surface area (Å²) in [7, 11) is 0. The summed E-state index contributed by atoms with van der Waals surface area (Å²) in [6, 6.07) is 1.58. The van der Waals surface area contributed by atoms with E-state index in [4.69, 9.17) is 5.73 Å². The number of thioether (sulfide) groups is 1. The molecule has 1 aromatic rings. The quantitative estimate of drug-likeness (QED) is 0.705. The van der Waals surface area contributed by atoms with Gasteiger partial charge in [-0.25, -0.2) is 4.98 Å². The summed E-state index contributed by atoms with van der Waals surface area (Å²) in [5.74, 6) is -0.295. The zero-order chi connectivity index (χ0) is 15.5. The molecule has 0 saturated heterocycles. The Balaban J connectivity index is 2.11. The van der Waals surface area contributed by atoms with Crippen molar-refractivity contribution in [1.29, 1.82) is 0 Å². The van der Waals surface area contributed by atoms with Crippen LogP contribution >= 0.6 is 11.8 Å². The number of amides is 1. The average molecular weight is 310 g/mol. The molecule has 1 aliphatic rings. The van der Waals surface area contributed by atoms with E-state index in [-0.39, 0.29) is 22.8 Å². The number of nitrogens with zero attached hydrogens (tertiary/aromatic N) is 1. The van der Waals surface area contributed by atoms with Crippen LogP contribution in [0.5, 0.6) is 0 Å². The normalized spacial score (nSPS) is 26.0. The molecule has 4 N–H and O–H groups in total. The summed E-state index contributed by atoms with van der Waals surface area (Å²) in [5.41, 5.74) is 4.83. The lowest BCUT2D eigenvalue weighted by Gasteiger charge is -2.40. The van der Waals surface area contributed by atoms with Crippen molar-refractivity contribution in [3.8, 4) is 0 Å². The largest absolute Gasteiger partial charge is 0.368 e. The zero-order valence-corrected chi connectivity index (χ0v) is 13.2. The first-order valence-electron chi connectivity index (χ1n) is 7.21. The number of carbonyl (C=O) groups is 1. The van der Waals surface area contributed by atoms with Gasteiger partial charge in [-0.1, -0.05) is 11.8 Å². The molecule has 116 valence electrons. The van der Waals surface area contributed by atoms with Crippen LogP contribution in [-0.4, -0.2) is 32.7 Å². The van der Waals surface area contributed by atoms with Crippen LogP contribution in [0.1, 0.15) is 39.5 Å². The number of primary amides is 1. The molecule has 21 heavy (non-hydrogen) atoms. The Morgan fingerprint density at radius 2 is 2.38 bits per heavy atom. The van der Waals surface area contributed by atoms with Gasteiger partial charge >= 0.3 is 0 Å². The predicted molar refractivity (Wildman–Crippen MR) is 83.2 cm³/mol. The minimum Gasteiger partial charge on any atom is -0.368 e. The van der Waals surface area contributed by atoms with Crippen molar-refractivity contribution in [3.63, 3.8) is 0 Å². The minimum atomic E-state index is -0.654. The fourth-order valence-electron chi connectivity index (χ4n) is 2.87. The Labute approximate surface area is 128 Å². The highest BCUT2D eigenvalue weighted by molar-refractivity contribution is 7.99. The number of hydrogen-bond acceptors (Lipinski definition) is 5. The summed E-state index contributed by atoms with van der Waals surface area (Å²) in [6.07, 6.45) is 4.83. The summed E-state index contributed by atoms with van der Waals surface area (Å²) in [4.78, 5) is 30.1. The Hall–Kier alpha value is -1.34. The molecule has 0 radical (unpaired) electrons. The van der Waals surface area contributed by atoms with E-state index < -0.39 is 5.54 Å². The molecule has 1 saturated carbocycles. The van der Waals surface area contributed by atoms with E-state index in [9.17, 15) is 9.59 Å². The first kappa shape index (κ1) is 16.0. The average Bonchev–Trinajstić information content (AvgIpc) is 2.38. The summed E-state index contributed by atoms with van der Waals surface area (Å²) < 4.78 is 0. The van der Waals surface area contributed by atoms with Crippen LogP contribution in [0.3, 0.4) is 0 Å². The molecule has 1 aromatic heterocycles. The van der Waals surface area contributed by atoms with Crippen molar-refractivity contribution in [2.45, 2.75) is 61.5 Å². The molecule has 2 unspecified atom stereocenters. The first-order valence-corrected chi connectivity index (χ1v) is 8.09. The molecule has 0 bridgehead atoms. The van der Waals surface area contributed by atoms with Crippen molar-refractivity contribution in [3.05, 3.63) is 22.6 Å². The van der Waals surface area contributed by atoms with E-state index in [1.165, 1.54) is 24.0 Å². The standard InChI is InChI=1S/C14H22N4O2S/c1-9(2)18-14(12(15)20)6-3-4-10(8-14)21-13-16-7-5-11(19)17-13/h5,7,9-10,18H,3-4,6,8H2,1-2H3,(H2,15,20)(H,16,17,19). The SMILES string of the molecule is CC(C)NC1(C(N)=O)CCCC(Sc2nccc(=O)[nH]2)C1. The van der Waals surface area contributed by atoms with Crippen LogP contribution in [-0.2, 0) is 4.79 Å². The van der Waals surface area contributed by atoms with Crippen molar-refractivity contribution in [2.24, 2.45) is 5.73 Å². The molecule has 7 heteroatoms. The van der Waals surface area contributed by atoms with E-state index in [1.807, 2.05) is 13.8 Å². The lowest BCUT2D eigenvalue weighted by Crippen LogP contribution is -2.60.